The van der Waals surface area contributed by atoms with Crippen LogP contribution in [0.2, 0.25) is 0 Å². The van der Waals surface area contributed by atoms with Gasteiger partial charge in [0, 0.05) is 26.1 Å². The number of fused-ring (bicyclic) bond motifs is 5. The molecule has 2 aliphatic heterocycles. The van der Waals surface area contributed by atoms with Crippen molar-refractivity contribution in [2.75, 3.05) is 24.9 Å². The van der Waals surface area contributed by atoms with Gasteiger partial charge < -0.3 is 20.1 Å². The van der Waals surface area contributed by atoms with Gasteiger partial charge in [-0.2, -0.15) is 0 Å². The lowest BCUT2D eigenvalue weighted by atomic mass is 9.75. The number of esters is 2. The third kappa shape index (κ3) is 2.68. The van der Waals surface area contributed by atoms with Crippen LogP contribution in [-0.2, 0) is 29.4 Å². The van der Waals surface area contributed by atoms with E-state index < -0.39 is 23.4 Å². The van der Waals surface area contributed by atoms with Crippen LogP contribution in [0.4, 0.5) is 11.4 Å². The van der Waals surface area contributed by atoms with Crippen LogP contribution in [0.15, 0.2) is 60.2 Å². The van der Waals surface area contributed by atoms with Crippen LogP contribution in [0.5, 0.6) is 0 Å². The molecule has 160 valence electrons. The lowest BCUT2D eigenvalue weighted by molar-refractivity contribution is -0.139. The van der Waals surface area contributed by atoms with Crippen LogP contribution in [0, 0.1) is 3.57 Å². The molecule has 0 aromatic heterocycles. The number of amides is 1. The molecule has 2 aliphatic rings. The summed E-state index contributed by atoms with van der Waals surface area (Å²) in [6, 6.07) is 16.6. The maximum absolute atomic E-state index is 13.5. The normalized spacial score (nSPS) is 18.7. The SMILES string of the molecule is COC(=O)C1=C(C(=O)OC)C2(Nc3ccc4ccccc4c31)C(=O)Nc1ccc(I)cc12. The van der Waals surface area contributed by atoms with E-state index in [0.717, 1.165) is 14.3 Å². The molecular weight excluding hydrogens is 523 g/mol. The van der Waals surface area contributed by atoms with E-state index in [4.69, 9.17) is 9.47 Å². The van der Waals surface area contributed by atoms with Crippen molar-refractivity contribution in [3.63, 3.8) is 0 Å². The summed E-state index contributed by atoms with van der Waals surface area (Å²) < 4.78 is 11.1. The summed E-state index contributed by atoms with van der Waals surface area (Å²) in [4.78, 5) is 39.9. The first kappa shape index (κ1) is 20.5. The predicted molar refractivity (Wildman–Crippen MR) is 128 cm³/mol. The Morgan fingerprint density at radius 3 is 2.41 bits per heavy atom. The average Bonchev–Trinajstić information content (AvgIpc) is 3.07. The van der Waals surface area contributed by atoms with Crippen molar-refractivity contribution in [1.82, 2.24) is 0 Å². The van der Waals surface area contributed by atoms with Crippen LogP contribution in [0.25, 0.3) is 16.3 Å². The molecule has 32 heavy (non-hydrogen) atoms. The Morgan fingerprint density at radius 2 is 1.66 bits per heavy atom. The number of ether oxygens (including phenoxy) is 2. The Kier molecular flexibility index (Phi) is 4.70. The van der Waals surface area contributed by atoms with Gasteiger partial charge in [-0.1, -0.05) is 30.3 Å². The minimum absolute atomic E-state index is 0.00626. The van der Waals surface area contributed by atoms with E-state index in [0.29, 0.717) is 22.5 Å². The summed E-state index contributed by atoms with van der Waals surface area (Å²) in [5.41, 5.74) is 0.378. The van der Waals surface area contributed by atoms with E-state index >= 15 is 0 Å². The fourth-order valence-corrected chi connectivity index (χ4v) is 5.02. The Morgan fingerprint density at radius 1 is 0.938 bits per heavy atom. The van der Waals surface area contributed by atoms with Gasteiger partial charge in [-0.15, -0.1) is 0 Å². The average molecular weight is 540 g/mol. The van der Waals surface area contributed by atoms with Crippen molar-refractivity contribution in [3.8, 4) is 0 Å². The molecular formula is C24H17IN2O5. The second-order valence-electron chi connectivity index (χ2n) is 7.46. The monoisotopic (exact) mass is 540 g/mol. The lowest BCUT2D eigenvalue weighted by Gasteiger charge is -2.37. The maximum atomic E-state index is 13.5. The minimum atomic E-state index is -1.65. The van der Waals surface area contributed by atoms with E-state index in [1.807, 2.05) is 42.5 Å². The van der Waals surface area contributed by atoms with Gasteiger partial charge in [0.15, 0.2) is 5.54 Å². The first-order chi connectivity index (χ1) is 15.4. The summed E-state index contributed by atoms with van der Waals surface area (Å²) in [6.45, 7) is 0. The molecule has 0 fully saturated rings. The highest BCUT2D eigenvalue weighted by Crippen LogP contribution is 2.52. The van der Waals surface area contributed by atoms with Crippen molar-refractivity contribution < 1.29 is 23.9 Å². The third-order valence-corrected chi connectivity index (χ3v) is 6.55. The highest BCUT2D eigenvalue weighted by atomic mass is 127. The molecule has 0 aliphatic carbocycles. The molecule has 2 N–H and O–H groups in total. The smallest absolute Gasteiger partial charge is 0.339 e. The highest BCUT2D eigenvalue weighted by Gasteiger charge is 2.57. The summed E-state index contributed by atoms with van der Waals surface area (Å²) >= 11 is 2.14. The van der Waals surface area contributed by atoms with Crippen LogP contribution >= 0.6 is 22.6 Å². The molecule has 0 saturated heterocycles. The fraction of sp³-hybridized carbons (Fsp3) is 0.125. The number of carbonyl (C=O) groups is 3. The summed E-state index contributed by atoms with van der Waals surface area (Å²) in [6.07, 6.45) is 0. The largest absolute Gasteiger partial charge is 0.466 e. The Balaban J connectivity index is 1.97. The first-order valence-electron chi connectivity index (χ1n) is 9.75. The lowest BCUT2D eigenvalue weighted by Crippen LogP contribution is -2.49. The Hall–Kier alpha value is -3.40. The molecule has 1 unspecified atom stereocenters. The van der Waals surface area contributed by atoms with Crippen molar-refractivity contribution in [2.45, 2.75) is 5.54 Å². The van der Waals surface area contributed by atoms with Crippen LogP contribution in [0.3, 0.4) is 0 Å². The third-order valence-electron chi connectivity index (χ3n) is 5.88. The summed E-state index contributed by atoms with van der Waals surface area (Å²) in [5.74, 6) is -2.00. The van der Waals surface area contributed by atoms with Gasteiger partial charge in [-0.05, 0) is 57.6 Å². The minimum Gasteiger partial charge on any atom is -0.466 e. The van der Waals surface area contributed by atoms with Gasteiger partial charge in [-0.3, -0.25) is 4.79 Å². The Labute approximate surface area is 196 Å². The number of nitrogens with one attached hydrogen (secondary N) is 2. The van der Waals surface area contributed by atoms with E-state index in [1.165, 1.54) is 14.2 Å². The van der Waals surface area contributed by atoms with Gasteiger partial charge in [0.2, 0.25) is 0 Å². The number of methoxy groups -OCH3 is 2. The predicted octanol–water partition coefficient (Wildman–Crippen LogP) is 3.82. The standard InChI is InChI=1S/C24H17IN2O5/c1-31-21(28)19-18-14-6-4-3-5-12(14)7-9-17(18)27-24(20(19)22(29)32-2)15-11-13(25)8-10-16(15)26-23(24)30/h3-11,27H,1-2H3,(H,26,30). The molecule has 1 spiro atoms. The highest BCUT2D eigenvalue weighted by molar-refractivity contribution is 14.1. The van der Waals surface area contributed by atoms with Crippen LogP contribution in [0.1, 0.15) is 11.1 Å². The molecule has 3 aromatic rings. The van der Waals surface area contributed by atoms with Crippen LogP contribution < -0.4 is 10.6 Å². The van der Waals surface area contributed by atoms with E-state index in [9.17, 15) is 14.4 Å². The van der Waals surface area contributed by atoms with E-state index in [-0.39, 0.29) is 11.1 Å². The molecule has 0 radical (unpaired) electrons. The number of hydrogen-bond donors (Lipinski definition) is 2. The van der Waals surface area contributed by atoms with E-state index in [1.54, 1.807) is 12.1 Å². The maximum Gasteiger partial charge on any atom is 0.339 e. The number of halogens is 1. The zero-order valence-corrected chi connectivity index (χ0v) is 19.3. The summed E-state index contributed by atoms with van der Waals surface area (Å²) in [5, 5.41) is 7.75. The molecule has 8 heteroatoms. The summed E-state index contributed by atoms with van der Waals surface area (Å²) in [7, 11) is 2.47. The number of hydrogen-bond acceptors (Lipinski definition) is 6. The first-order valence-corrected chi connectivity index (χ1v) is 10.8. The zero-order chi connectivity index (χ0) is 22.6. The number of anilines is 2. The van der Waals surface area contributed by atoms with Crippen molar-refractivity contribution in [1.29, 1.82) is 0 Å². The zero-order valence-electron chi connectivity index (χ0n) is 17.1. The van der Waals surface area contributed by atoms with Gasteiger partial charge in [-0.25, -0.2) is 9.59 Å². The van der Waals surface area contributed by atoms with Crippen LogP contribution in [-0.4, -0.2) is 32.1 Å². The van der Waals surface area contributed by atoms with Gasteiger partial charge >= 0.3 is 11.9 Å². The molecule has 0 saturated carbocycles. The van der Waals surface area contributed by atoms with Crippen molar-refractivity contribution in [2.24, 2.45) is 0 Å². The van der Waals surface area contributed by atoms with Gasteiger partial charge in [0.1, 0.15) is 0 Å². The second kappa shape index (κ2) is 7.33. The fourth-order valence-electron chi connectivity index (χ4n) is 4.53. The van der Waals surface area contributed by atoms with Crippen molar-refractivity contribution >= 4 is 68.2 Å². The molecule has 3 aromatic carbocycles. The number of rotatable bonds is 2. The van der Waals surface area contributed by atoms with E-state index in [2.05, 4.69) is 33.2 Å². The number of benzene rings is 3. The quantitative estimate of drug-likeness (QED) is 0.380. The molecule has 5 rings (SSSR count). The van der Waals surface area contributed by atoms with Gasteiger partial charge in [0.25, 0.3) is 5.91 Å². The van der Waals surface area contributed by atoms with Gasteiger partial charge in [0.05, 0.1) is 25.4 Å². The molecule has 7 nitrogen and oxygen atoms in total. The molecule has 1 atom stereocenters. The topological polar surface area (TPSA) is 93.7 Å². The molecule has 1 amide bonds. The molecule has 0 bridgehead atoms. The number of carbonyl (C=O) groups excluding carboxylic acids is 3. The Bertz CT molecular complexity index is 1380. The molecule has 2 heterocycles. The second-order valence-corrected chi connectivity index (χ2v) is 8.71. The van der Waals surface area contributed by atoms with Crippen molar-refractivity contribution in [3.05, 3.63) is 74.9 Å².